The van der Waals surface area contributed by atoms with Gasteiger partial charge >= 0.3 is 0 Å². The van der Waals surface area contributed by atoms with Crippen LogP contribution in [0.1, 0.15) is 28.8 Å². The number of rotatable bonds is 5. The van der Waals surface area contributed by atoms with Gasteiger partial charge in [0, 0.05) is 24.6 Å². The quantitative estimate of drug-likeness (QED) is 0.855. The van der Waals surface area contributed by atoms with Crippen LogP contribution >= 0.6 is 0 Å². The number of carbonyl (C=O) groups excluding carboxylic acids is 1. The van der Waals surface area contributed by atoms with E-state index < -0.39 is 0 Å². The lowest BCUT2D eigenvalue weighted by Crippen LogP contribution is -2.38. The van der Waals surface area contributed by atoms with Crippen molar-refractivity contribution >= 4 is 5.78 Å². The van der Waals surface area contributed by atoms with Crippen LogP contribution in [0.5, 0.6) is 11.5 Å². The minimum atomic E-state index is 0.0168. The molecule has 0 bridgehead atoms. The molecule has 1 fully saturated rings. The van der Waals surface area contributed by atoms with Gasteiger partial charge < -0.3 is 9.84 Å². The Morgan fingerprint density at radius 1 is 1.25 bits per heavy atom. The number of ketones is 1. The van der Waals surface area contributed by atoms with Gasteiger partial charge in [0.1, 0.15) is 11.5 Å². The summed E-state index contributed by atoms with van der Waals surface area (Å²) in [5.41, 5.74) is 1.79. The predicted molar refractivity (Wildman–Crippen MR) is 93.4 cm³/mol. The van der Waals surface area contributed by atoms with Gasteiger partial charge in [-0.25, -0.2) is 0 Å². The van der Waals surface area contributed by atoms with Crippen LogP contribution in [0.15, 0.2) is 48.5 Å². The fourth-order valence-electron chi connectivity index (χ4n) is 3.34. The fraction of sp³-hybridized carbons (Fsp3) is 0.350. The molecule has 0 radical (unpaired) electrons. The van der Waals surface area contributed by atoms with Gasteiger partial charge in [0.2, 0.25) is 0 Å². The topological polar surface area (TPSA) is 49.8 Å². The first kappa shape index (κ1) is 16.5. The summed E-state index contributed by atoms with van der Waals surface area (Å²) in [6.45, 7) is 2.50. The third-order valence-corrected chi connectivity index (χ3v) is 4.55. The number of phenolic OH excluding ortho intramolecular Hbond substituents is 1. The molecule has 2 aromatic rings. The van der Waals surface area contributed by atoms with Crippen molar-refractivity contribution in [3.05, 3.63) is 59.7 Å². The van der Waals surface area contributed by atoms with Crippen LogP contribution in [0.25, 0.3) is 0 Å². The van der Waals surface area contributed by atoms with Crippen molar-refractivity contribution < 1.29 is 14.6 Å². The summed E-state index contributed by atoms with van der Waals surface area (Å²) in [5.74, 6) is 1.21. The van der Waals surface area contributed by atoms with Gasteiger partial charge in [-0.3, -0.25) is 9.69 Å². The molecular weight excluding hydrogens is 302 g/mol. The van der Waals surface area contributed by atoms with E-state index in [4.69, 9.17) is 4.74 Å². The highest BCUT2D eigenvalue weighted by atomic mass is 16.5. The number of nitrogens with zero attached hydrogens (tertiary/aromatic N) is 1. The number of aromatic hydroxyl groups is 1. The third kappa shape index (κ3) is 3.95. The third-order valence-electron chi connectivity index (χ3n) is 4.55. The molecule has 1 atom stereocenters. The van der Waals surface area contributed by atoms with Crippen molar-refractivity contribution in [3.8, 4) is 11.5 Å². The van der Waals surface area contributed by atoms with E-state index in [0.29, 0.717) is 5.75 Å². The summed E-state index contributed by atoms with van der Waals surface area (Å²) < 4.78 is 5.22. The predicted octanol–water partition coefficient (Wildman–Crippen LogP) is 3.50. The molecule has 1 aliphatic heterocycles. The molecule has 2 aromatic carbocycles. The number of carbonyl (C=O) groups is 1. The van der Waals surface area contributed by atoms with Gasteiger partial charge in [0.05, 0.1) is 7.11 Å². The van der Waals surface area contributed by atoms with Crippen LogP contribution in [-0.2, 0) is 6.54 Å². The van der Waals surface area contributed by atoms with Gasteiger partial charge in [-0.1, -0.05) is 24.3 Å². The largest absolute Gasteiger partial charge is 0.508 e. The molecule has 1 N–H and O–H groups in total. The highest BCUT2D eigenvalue weighted by Gasteiger charge is 2.26. The summed E-state index contributed by atoms with van der Waals surface area (Å²) in [6.07, 6.45) is 1.94. The second-order valence-electron chi connectivity index (χ2n) is 6.34. The van der Waals surface area contributed by atoms with Crippen LogP contribution in [0.3, 0.4) is 0 Å². The van der Waals surface area contributed by atoms with Crippen LogP contribution in [0, 0.1) is 5.92 Å². The Hall–Kier alpha value is -2.33. The Labute approximate surface area is 142 Å². The lowest BCUT2D eigenvalue weighted by atomic mass is 9.89. The molecule has 1 aliphatic rings. The molecule has 4 heteroatoms. The van der Waals surface area contributed by atoms with Crippen LogP contribution in [-0.4, -0.2) is 36.0 Å². The molecule has 0 amide bonds. The van der Waals surface area contributed by atoms with Gasteiger partial charge in [-0.15, -0.1) is 0 Å². The summed E-state index contributed by atoms with van der Waals surface area (Å²) in [4.78, 5) is 15.1. The number of piperidine rings is 1. The van der Waals surface area contributed by atoms with Crippen LogP contribution in [0.4, 0.5) is 0 Å². The standard InChI is InChI=1S/C20H23NO3/c1-24-19-9-3-6-16(12-19)20(23)17-7-4-10-21(14-17)13-15-5-2-8-18(22)11-15/h2-3,5-6,8-9,11-12,17,22H,4,7,10,13-14H2,1H3. The summed E-state index contributed by atoms with van der Waals surface area (Å²) in [5, 5.41) is 9.60. The van der Waals surface area contributed by atoms with Gasteiger partial charge in [-0.2, -0.15) is 0 Å². The number of hydrogen-bond acceptors (Lipinski definition) is 4. The van der Waals surface area contributed by atoms with Crippen molar-refractivity contribution in [2.24, 2.45) is 5.92 Å². The monoisotopic (exact) mass is 325 g/mol. The van der Waals surface area contributed by atoms with Crippen molar-refractivity contribution in [2.75, 3.05) is 20.2 Å². The Morgan fingerprint density at radius 3 is 2.88 bits per heavy atom. The summed E-state index contributed by atoms with van der Waals surface area (Å²) in [7, 11) is 1.61. The van der Waals surface area contributed by atoms with E-state index in [-0.39, 0.29) is 17.5 Å². The minimum Gasteiger partial charge on any atom is -0.508 e. The maximum absolute atomic E-state index is 12.8. The first-order valence-corrected chi connectivity index (χ1v) is 8.34. The molecule has 126 valence electrons. The van der Waals surface area contributed by atoms with E-state index in [1.54, 1.807) is 19.2 Å². The lowest BCUT2D eigenvalue weighted by Gasteiger charge is -2.32. The van der Waals surface area contributed by atoms with Gasteiger partial charge in [-0.05, 0) is 49.2 Å². The number of phenols is 1. The van der Waals surface area contributed by atoms with E-state index >= 15 is 0 Å². The van der Waals surface area contributed by atoms with E-state index in [2.05, 4.69) is 4.90 Å². The number of benzene rings is 2. The molecule has 3 rings (SSSR count). The smallest absolute Gasteiger partial charge is 0.167 e. The number of methoxy groups -OCH3 is 1. The maximum atomic E-state index is 12.8. The molecule has 0 spiro atoms. The molecule has 0 saturated carbocycles. The number of ether oxygens (including phenoxy) is 1. The van der Waals surface area contributed by atoms with E-state index in [9.17, 15) is 9.90 Å². The zero-order valence-electron chi connectivity index (χ0n) is 13.9. The van der Waals surface area contributed by atoms with Gasteiger partial charge in [0.25, 0.3) is 0 Å². The molecule has 0 aromatic heterocycles. The van der Waals surface area contributed by atoms with E-state index in [1.807, 2.05) is 36.4 Å². The Morgan fingerprint density at radius 2 is 2.08 bits per heavy atom. The molecule has 24 heavy (non-hydrogen) atoms. The van der Waals surface area contributed by atoms with Crippen LogP contribution < -0.4 is 4.74 Å². The van der Waals surface area contributed by atoms with Gasteiger partial charge in [0.15, 0.2) is 5.78 Å². The zero-order chi connectivity index (χ0) is 16.9. The summed E-state index contributed by atoms with van der Waals surface area (Å²) in [6, 6.07) is 14.7. The molecule has 4 nitrogen and oxygen atoms in total. The lowest BCUT2D eigenvalue weighted by molar-refractivity contribution is 0.0811. The SMILES string of the molecule is COc1cccc(C(=O)C2CCCN(Cc3cccc(O)c3)C2)c1. The molecule has 1 saturated heterocycles. The van der Waals surface area contributed by atoms with Crippen molar-refractivity contribution in [2.45, 2.75) is 19.4 Å². The zero-order valence-corrected chi connectivity index (χ0v) is 13.9. The molecule has 1 unspecified atom stereocenters. The number of Topliss-reactive ketones (excluding diaryl/α,β-unsaturated/α-hetero) is 1. The number of hydrogen-bond donors (Lipinski definition) is 1. The van der Waals surface area contributed by atoms with E-state index in [1.165, 1.54) is 0 Å². The van der Waals surface area contributed by atoms with Crippen LogP contribution in [0.2, 0.25) is 0 Å². The maximum Gasteiger partial charge on any atom is 0.167 e. The highest BCUT2D eigenvalue weighted by Crippen LogP contribution is 2.24. The molecular formula is C20H23NO3. The summed E-state index contributed by atoms with van der Waals surface area (Å²) >= 11 is 0. The first-order valence-electron chi connectivity index (χ1n) is 8.34. The Balaban J connectivity index is 1.67. The Bertz CT molecular complexity index is 714. The second kappa shape index (κ2) is 7.49. The normalized spacial score (nSPS) is 18.3. The van der Waals surface area contributed by atoms with Crippen molar-refractivity contribution in [3.63, 3.8) is 0 Å². The van der Waals surface area contributed by atoms with Crippen molar-refractivity contribution in [1.82, 2.24) is 4.90 Å². The van der Waals surface area contributed by atoms with E-state index in [0.717, 1.165) is 43.6 Å². The minimum absolute atomic E-state index is 0.0168. The first-order chi connectivity index (χ1) is 11.7. The average Bonchev–Trinajstić information content (AvgIpc) is 2.61. The Kier molecular flexibility index (Phi) is 5.16. The fourth-order valence-corrected chi connectivity index (χ4v) is 3.34. The second-order valence-corrected chi connectivity index (χ2v) is 6.34. The molecule has 0 aliphatic carbocycles. The molecule has 1 heterocycles. The van der Waals surface area contributed by atoms with Crippen molar-refractivity contribution in [1.29, 1.82) is 0 Å². The average molecular weight is 325 g/mol. The highest BCUT2D eigenvalue weighted by molar-refractivity contribution is 5.98. The number of likely N-dealkylation sites (tertiary alicyclic amines) is 1.